The van der Waals surface area contributed by atoms with Crippen LogP contribution in [0.4, 0.5) is 15.8 Å². The van der Waals surface area contributed by atoms with Crippen LogP contribution < -0.4 is 15.0 Å². The molecule has 1 amide bonds. The van der Waals surface area contributed by atoms with Crippen LogP contribution in [0.5, 0.6) is 11.5 Å². The van der Waals surface area contributed by atoms with Gasteiger partial charge in [0.2, 0.25) is 0 Å². The lowest BCUT2D eigenvalue weighted by molar-refractivity contribution is 0.0980. The van der Waals surface area contributed by atoms with Gasteiger partial charge in [-0.15, -0.1) is 0 Å². The van der Waals surface area contributed by atoms with Crippen molar-refractivity contribution in [2.45, 2.75) is 39.8 Å². The van der Waals surface area contributed by atoms with E-state index in [-0.39, 0.29) is 45.7 Å². The molecule has 0 saturated heterocycles. The molecular weight excluding hydrogens is 579 g/mol. The van der Waals surface area contributed by atoms with E-state index in [0.717, 1.165) is 5.56 Å². The van der Waals surface area contributed by atoms with Crippen LogP contribution in [-0.2, 0) is 16.4 Å². The van der Waals surface area contributed by atoms with Gasteiger partial charge in [-0.05, 0) is 60.2 Å². The average Bonchev–Trinajstić information content (AvgIpc) is 3.11. The van der Waals surface area contributed by atoms with E-state index < -0.39 is 33.0 Å². The lowest BCUT2D eigenvalue weighted by atomic mass is 9.88. The molecule has 9 heteroatoms. The highest BCUT2D eigenvalue weighted by atomic mass is 32.2. The van der Waals surface area contributed by atoms with E-state index in [0.29, 0.717) is 23.2 Å². The number of ether oxygens (including phenoxy) is 1. The molecule has 0 radical (unpaired) electrons. The largest absolute Gasteiger partial charge is 0.506 e. The normalized spacial score (nSPS) is 18.5. The van der Waals surface area contributed by atoms with Crippen molar-refractivity contribution in [2.24, 2.45) is 5.41 Å². The van der Waals surface area contributed by atoms with Crippen molar-refractivity contribution >= 4 is 27.1 Å². The smallest absolute Gasteiger partial charge is 0.259 e. The monoisotopic (exact) mass is 612 g/mol. The minimum atomic E-state index is -4.03. The second-order valence-electron chi connectivity index (χ2n) is 12.1. The van der Waals surface area contributed by atoms with Crippen LogP contribution in [0, 0.1) is 18.2 Å². The molecule has 1 unspecified atom stereocenters. The van der Waals surface area contributed by atoms with Gasteiger partial charge >= 0.3 is 0 Å². The number of halogens is 1. The van der Waals surface area contributed by atoms with Crippen LogP contribution in [0.1, 0.15) is 53.4 Å². The van der Waals surface area contributed by atoms with Gasteiger partial charge in [-0.2, -0.15) is 0 Å². The standard InChI is InChI=1S/C35H33FN2O5S/c1-22-10-7-8-13-25(22)34(40)38-29-14-9-15-30(39)31(29)37-28-19-35(2,3)21-44(41,42)33(28)32(38)26-17-16-24(18-27(26)36)43-20-23-11-5-4-6-12-23/h4-18,32,37,39H,19-21H2,1-3H3. The van der Waals surface area contributed by atoms with Crippen LogP contribution in [0.2, 0.25) is 0 Å². The van der Waals surface area contributed by atoms with E-state index in [1.165, 1.54) is 23.1 Å². The summed E-state index contributed by atoms with van der Waals surface area (Å²) in [7, 11) is -4.03. The predicted octanol–water partition coefficient (Wildman–Crippen LogP) is 7.29. The molecule has 0 bridgehead atoms. The number of nitrogens with zero attached hydrogens (tertiary/aromatic N) is 1. The molecular formula is C35H33FN2O5S. The second kappa shape index (κ2) is 11.1. The fraction of sp³-hybridized carbons (Fsp3) is 0.229. The zero-order valence-electron chi connectivity index (χ0n) is 24.7. The van der Waals surface area contributed by atoms with Crippen molar-refractivity contribution in [1.29, 1.82) is 0 Å². The molecule has 2 N–H and O–H groups in total. The van der Waals surface area contributed by atoms with Gasteiger partial charge in [0, 0.05) is 22.9 Å². The molecule has 4 aromatic carbocycles. The maximum Gasteiger partial charge on any atom is 0.259 e. The number of aromatic hydroxyl groups is 1. The Morgan fingerprint density at radius 2 is 1.75 bits per heavy atom. The van der Waals surface area contributed by atoms with Crippen LogP contribution in [0.15, 0.2) is 102 Å². The number of rotatable bonds is 5. The van der Waals surface area contributed by atoms with Crippen molar-refractivity contribution in [3.05, 3.63) is 130 Å². The number of phenolic OH excluding ortho intramolecular Hbond substituents is 1. The molecule has 226 valence electrons. The number of phenols is 1. The lowest BCUT2D eigenvalue weighted by Gasteiger charge is -2.37. The van der Waals surface area contributed by atoms with Gasteiger partial charge in [0.1, 0.15) is 35.7 Å². The number of carbonyl (C=O) groups is 1. The maximum absolute atomic E-state index is 16.3. The van der Waals surface area contributed by atoms with Crippen molar-refractivity contribution in [2.75, 3.05) is 16.0 Å². The number of amides is 1. The van der Waals surface area contributed by atoms with E-state index >= 15 is 4.39 Å². The second-order valence-corrected chi connectivity index (χ2v) is 14.0. The van der Waals surface area contributed by atoms with Crippen LogP contribution in [0.25, 0.3) is 0 Å². The third-order valence-corrected chi connectivity index (χ3v) is 10.3. The summed E-state index contributed by atoms with van der Waals surface area (Å²) in [5.74, 6) is -1.34. The highest BCUT2D eigenvalue weighted by molar-refractivity contribution is 7.95. The Balaban J connectivity index is 1.57. The molecule has 2 aliphatic heterocycles. The van der Waals surface area contributed by atoms with Gasteiger partial charge in [-0.1, -0.05) is 68.4 Å². The average molecular weight is 613 g/mol. The van der Waals surface area contributed by atoms with E-state index in [2.05, 4.69) is 5.32 Å². The summed E-state index contributed by atoms with van der Waals surface area (Å²) in [6.07, 6.45) is 0.304. The number of nitrogens with one attached hydrogen (secondary N) is 1. The molecule has 0 fully saturated rings. The highest BCUT2D eigenvalue weighted by Crippen LogP contribution is 2.52. The SMILES string of the molecule is Cc1ccccc1C(=O)N1c2cccc(O)c2NC2=C(C1c1ccc(OCc3ccccc3)cc1F)S(=O)(=O)CC(C)(C)C2. The number of hydrogen-bond donors (Lipinski definition) is 2. The van der Waals surface area contributed by atoms with Crippen molar-refractivity contribution in [3.8, 4) is 11.5 Å². The van der Waals surface area contributed by atoms with Gasteiger partial charge < -0.3 is 15.2 Å². The Bertz CT molecular complexity index is 1900. The third-order valence-electron chi connectivity index (χ3n) is 8.04. The molecule has 6 rings (SSSR count). The molecule has 4 aromatic rings. The maximum atomic E-state index is 16.3. The first-order chi connectivity index (χ1) is 20.9. The fourth-order valence-corrected chi connectivity index (χ4v) is 8.47. The Morgan fingerprint density at radius 1 is 1.02 bits per heavy atom. The number of benzene rings is 4. The first kappa shape index (κ1) is 29.4. The first-order valence-electron chi connectivity index (χ1n) is 14.4. The van der Waals surface area contributed by atoms with E-state index in [9.17, 15) is 18.3 Å². The van der Waals surface area contributed by atoms with E-state index in [1.807, 2.05) is 44.2 Å². The van der Waals surface area contributed by atoms with Gasteiger partial charge in [-0.25, -0.2) is 12.8 Å². The highest BCUT2D eigenvalue weighted by Gasteiger charge is 2.48. The molecule has 0 aromatic heterocycles. The van der Waals surface area contributed by atoms with Gasteiger partial charge in [0.15, 0.2) is 9.84 Å². The summed E-state index contributed by atoms with van der Waals surface area (Å²) in [5, 5.41) is 14.2. The number of anilines is 2. The lowest BCUT2D eigenvalue weighted by Crippen LogP contribution is -2.41. The summed E-state index contributed by atoms with van der Waals surface area (Å²) in [6, 6.07) is 24.0. The van der Waals surface area contributed by atoms with Crippen LogP contribution >= 0.6 is 0 Å². The van der Waals surface area contributed by atoms with Crippen LogP contribution in [-0.4, -0.2) is 25.2 Å². The van der Waals surface area contributed by atoms with Gasteiger partial charge in [0.25, 0.3) is 5.91 Å². The number of hydrogen-bond acceptors (Lipinski definition) is 6. The fourth-order valence-electron chi connectivity index (χ4n) is 6.11. The molecule has 0 spiro atoms. The minimum absolute atomic E-state index is 0.00670. The summed E-state index contributed by atoms with van der Waals surface area (Å²) in [6.45, 7) is 5.69. The summed E-state index contributed by atoms with van der Waals surface area (Å²) in [4.78, 5) is 15.7. The number of allylic oxidation sites excluding steroid dienone is 1. The third kappa shape index (κ3) is 5.43. The molecule has 0 aliphatic carbocycles. The Morgan fingerprint density at radius 3 is 2.48 bits per heavy atom. The summed E-state index contributed by atoms with van der Waals surface area (Å²) in [5.41, 5.74) is 1.97. The number of sulfone groups is 1. The van der Waals surface area contributed by atoms with Crippen LogP contribution in [0.3, 0.4) is 0 Å². The molecule has 2 heterocycles. The Kier molecular flexibility index (Phi) is 7.45. The van der Waals surface area contributed by atoms with Crippen molar-refractivity contribution in [1.82, 2.24) is 0 Å². The van der Waals surface area contributed by atoms with Crippen molar-refractivity contribution in [3.63, 3.8) is 0 Å². The zero-order chi connectivity index (χ0) is 31.2. The van der Waals surface area contributed by atoms with Crippen molar-refractivity contribution < 1.29 is 27.4 Å². The topological polar surface area (TPSA) is 95.9 Å². The van der Waals surface area contributed by atoms with Gasteiger partial charge in [0.05, 0.1) is 16.3 Å². The first-order valence-corrected chi connectivity index (χ1v) is 16.0. The number of para-hydroxylation sites is 1. The quantitative estimate of drug-likeness (QED) is 0.230. The van der Waals surface area contributed by atoms with E-state index in [4.69, 9.17) is 4.74 Å². The molecule has 0 saturated carbocycles. The molecule has 2 aliphatic rings. The Labute approximate surface area is 256 Å². The Hall–Kier alpha value is -4.63. The summed E-state index contributed by atoms with van der Waals surface area (Å²) < 4.78 is 50.5. The number of carbonyl (C=O) groups excluding carboxylic acids is 1. The van der Waals surface area contributed by atoms with E-state index in [1.54, 1.807) is 49.4 Å². The summed E-state index contributed by atoms with van der Waals surface area (Å²) >= 11 is 0. The zero-order valence-corrected chi connectivity index (χ0v) is 25.5. The molecule has 44 heavy (non-hydrogen) atoms. The molecule has 7 nitrogen and oxygen atoms in total. The predicted molar refractivity (Wildman–Crippen MR) is 169 cm³/mol. The number of aryl methyl sites for hydroxylation is 1. The molecule has 1 atom stereocenters. The van der Waals surface area contributed by atoms with Gasteiger partial charge in [-0.3, -0.25) is 9.69 Å². The minimum Gasteiger partial charge on any atom is -0.506 e. The number of fused-ring (bicyclic) bond motifs is 1.